The highest BCUT2D eigenvalue weighted by atomic mass is 35.5. The normalized spacial score (nSPS) is 16.2. The van der Waals surface area contributed by atoms with Crippen molar-refractivity contribution in [2.24, 2.45) is 0 Å². The predicted molar refractivity (Wildman–Crippen MR) is 109 cm³/mol. The number of benzene rings is 2. The summed E-state index contributed by atoms with van der Waals surface area (Å²) < 4.78 is 33.6. The zero-order valence-corrected chi connectivity index (χ0v) is 17.4. The summed E-state index contributed by atoms with van der Waals surface area (Å²) in [5.41, 5.74) is 1.28. The SMILES string of the molecule is CCCCNC(=O)C1CN(S(=O)(=O)c2ccc(C)cc2)c2cc(Cl)ccc2O1. The number of rotatable bonds is 6. The van der Waals surface area contributed by atoms with Crippen LogP contribution in [0.25, 0.3) is 0 Å². The molecule has 0 spiro atoms. The molecule has 150 valence electrons. The van der Waals surface area contributed by atoms with Gasteiger partial charge in [-0.3, -0.25) is 9.10 Å². The Morgan fingerprint density at radius 3 is 2.64 bits per heavy atom. The van der Waals surface area contributed by atoms with Gasteiger partial charge >= 0.3 is 0 Å². The summed E-state index contributed by atoms with van der Waals surface area (Å²) in [6.07, 6.45) is 0.850. The van der Waals surface area contributed by atoms with Crippen molar-refractivity contribution in [3.8, 4) is 5.75 Å². The van der Waals surface area contributed by atoms with Crippen LogP contribution < -0.4 is 14.4 Å². The number of halogens is 1. The molecule has 0 saturated carbocycles. The van der Waals surface area contributed by atoms with E-state index in [1.54, 1.807) is 36.4 Å². The van der Waals surface area contributed by atoms with Crippen LogP contribution in [0.1, 0.15) is 25.3 Å². The van der Waals surface area contributed by atoms with Crippen LogP contribution in [-0.4, -0.2) is 33.5 Å². The summed E-state index contributed by atoms with van der Waals surface area (Å²) in [5, 5.41) is 3.19. The Hall–Kier alpha value is -2.25. The molecule has 28 heavy (non-hydrogen) atoms. The fraction of sp³-hybridized carbons (Fsp3) is 0.350. The number of hydrogen-bond acceptors (Lipinski definition) is 4. The molecular weight excluding hydrogens is 400 g/mol. The highest BCUT2D eigenvalue weighted by Crippen LogP contribution is 2.38. The molecule has 3 rings (SSSR count). The highest BCUT2D eigenvalue weighted by molar-refractivity contribution is 7.92. The Morgan fingerprint density at radius 2 is 1.96 bits per heavy atom. The molecule has 0 saturated heterocycles. The fourth-order valence-electron chi connectivity index (χ4n) is 2.93. The van der Waals surface area contributed by atoms with Gasteiger partial charge in [-0.1, -0.05) is 42.6 Å². The van der Waals surface area contributed by atoms with E-state index in [0.717, 1.165) is 18.4 Å². The van der Waals surface area contributed by atoms with Gasteiger partial charge in [-0.05, 0) is 43.7 Å². The number of carbonyl (C=O) groups is 1. The lowest BCUT2D eigenvalue weighted by Crippen LogP contribution is -2.50. The van der Waals surface area contributed by atoms with Crippen molar-refractivity contribution in [3.63, 3.8) is 0 Å². The van der Waals surface area contributed by atoms with Crippen LogP contribution in [0.4, 0.5) is 5.69 Å². The second kappa shape index (κ2) is 8.41. The van der Waals surface area contributed by atoms with Crippen LogP contribution in [0.2, 0.25) is 5.02 Å². The fourth-order valence-corrected chi connectivity index (χ4v) is 4.56. The number of ether oxygens (including phenoxy) is 1. The average Bonchev–Trinajstić information content (AvgIpc) is 2.67. The van der Waals surface area contributed by atoms with Gasteiger partial charge in [-0.2, -0.15) is 0 Å². The standard InChI is InChI=1S/C20H23ClN2O4S/c1-3-4-11-22-20(24)19-13-23(17-12-15(21)7-10-18(17)27-19)28(25,26)16-8-5-14(2)6-9-16/h5-10,12,19H,3-4,11,13H2,1-2H3,(H,22,24). The van der Waals surface area contributed by atoms with Crippen LogP contribution in [0.3, 0.4) is 0 Å². The summed E-state index contributed by atoms with van der Waals surface area (Å²) in [4.78, 5) is 12.7. The molecule has 0 aromatic heterocycles. The second-order valence-electron chi connectivity index (χ2n) is 6.71. The third-order valence-corrected chi connectivity index (χ3v) is 6.55. The van der Waals surface area contributed by atoms with E-state index in [4.69, 9.17) is 16.3 Å². The second-order valence-corrected chi connectivity index (χ2v) is 9.01. The van der Waals surface area contributed by atoms with Crippen LogP contribution in [0.5, 0.6) is 5.75 Å². The van der Waals surface area contributed by atoms with Crippen molar-refractivity contribution < 1.29 is 17.9 Å². The van der Waals surface area contributed by atoms with E-state index in [0.29, 0.717) is 23.0 Å². The number of sulfonamides is 1. The Balaban J connectivity index is 1.97. The third kappa shape index (κ3) is 4.25. The predicted octanol–water partition coefficient (Wildman–Crippen LogP) is 3.52. The largest absolute Gasteiger partial charge is 0.476 e. The maximum Gasteiger partial charge on any atom is 0.264 e. The van der Waals surface area contributed by atoms with Crippen molar-refractivity contribution >= 4 is 33.2 Å². The van der Waals surface area contributed by atoms with Gasteiger partial charge in [0, 0.05) is 11.6 Å². The molecular formula is C20H23ClN2O4S. The monoisotopic (exact) mass is 422 g/mol. The Morgan fingerprint density at radius 1 is 1.25 bits per heavy atom. The first kappa shape index (κ1) is 20.5. The van der Waals surface area contributed by atoms with Crippen LogP contribution in [0, 0.1) is 6.92 Å². The topological polar surface area (TPSA) is 75.7 Å². The number of anilines is 1. The maximum atomic E-state index is 13.3. The zero-order valence-electron chi connectivity index (χ0n) is 15.8. The summed E-state index contributed by atoms with van der Waals surface area (Å²) >= 11 is 6.09. The summed E-state index contributed by atoms with van der Waals surface area (Å²) in [7, 11) is -3.89. The minimum atomic E-state index is -3.89. The Kier molecular flexibility index (Phi) is 6.15. The number of amides is 1. The number of nitrogens with zero attached hydrogens (tertiary/aromatic N) is 1. The number of unbranched alkanes of at least 4 members (excludes halogenated alkanes) is 1. The van der Waals surface area contributed by atoms with Gasteiger partial charge in [-0.25, -0.2) is 8.42 Å². The van der Waals surface area contributed by atoms with E-state index in [1.807, 2.05) is 13.8 Å². The minimum Gasteiger partial charge on any atom is -0.476 e. The molecule has 1 heterocycles. The molecule has 1 atom stereocenters. The molecule has 0 radical (unpaired) electrons. The first-order chi connectivity index (χ1) is 13.3. The lowest BCUT2D eigenvalue weighted by molar-refractivity contribution is -0.127. The quantitative estimate of drug-likeness (QED) is 0.722. The minimum absolute atomic E-state index is 0.124. The molecule has 0 bridgehead atoms. The van der Waals surface area contributed by atoms with E-state index >= 15 is 0 Å². The number of aryl methyl sites for hydroxylation is 1. The lowest BCUT2D eigenvalue weighted by atomic mass is 10.2. The van der Waals surface area contributed by atoms with E-state index in [9.17, 15) is 13.2 Å². The van der Waals surface area contributed by atoms with E-state index in [-0.39, 0.29) is 17.3 Å². The van der Waals surface area contributed by atoms with Crippen molar-refractivity contribution in [1.82, 2.24) is 5.32 Å². The molecule has 6 nitrogen and oxygen atoms in total. The van der Waals surface area contributed by atoms with Crippen molar-refractivity contribution in [1.29, 1.82) is 0 Å². The van der Waals surface area contributed by atoms with Gasteiger partial charge in [0.2, 0.25) is 0 Å². The average molecular weight is 423 g/mol. The van der Waals surface area contributed by atoms with Gasteiger partial charge in [0.15, 0.2) is 6.10 Å². The number of carbonyl (C=O) groups excluding carboxylic acids is 1. The summed E-state index contributed by atoms with van der Waals surface area (Å²) in [6.45, 7) is 4.31. The summed E-state index contributed by atoms with van der Waals surface area (Å²) in [6, 6.07) is 11.3. The van der Waals surface area contributed by atoms with Gasteiger partial charge in [0.1, 0.15) is 5.75 Å². The molecule has 1 N–H and O–H groups in total. The first-order valence-electron chi connectivity index (χ1n) is 9.16. The zero-order chi connectivity index (χ0) is 20.3. The first-order valence-corrected chi connectivity index (χ1v) is 11.0. The van der Waals surface area contributed by atoms with Crippen LogP contribution in [-0.2, 0) is 14.8 Å². The molecule has 2 aromatic carbocycles. The van der Waals surface area contributed by atoms with Gasteiger partial charge in [0.25, 0.3) is 15.9 Å². The molecule has 2 aromatic rings. The van der Waals surface area contributed by atoms with Gasteiger partial charge in [0.05, 0.1) is 17.1 Å². The number of fused-ring (bicyclic) bond motifs is 1. The van der Waals surface area contributed by atoms with Crippen LogP contribution >= 0.6 is 11.6 Å². The Bertz CT molecular complexity index is 961. The van der Waals surface area contributed by atoms with Crippen molar-refractivity contribution in [2.45, 2.75) is 37.7 Å². The van der Waals surface area contributed by atoms with Crippen LogP contribution in [0.15, 0.2) is 47.4 Å². The van der Waals surface area contributed by atoms with Crippen molar-refractivity contribution in [2.75, 3.05) is 17.4 Å². The number of nitrogens with one attached hydrogen (secondary N) is 1. The molecule has 1 unspecified atom stereocenters. The number of hydrogen-bond donors (Lipinski definition) is 1. The molecule has 0 fully saturated rings. The van der Waals surface area contributed by atoms with E-state index in [2.05, 4.69) is 5.32 Å². The molecule has 8 heteroatoms. The van der Waals surface area contributed by atoms with Crippen molar-refractivity contribution in [3.05, 3.63) is 53.1 Å². The molecule has 1 aliphatic heterocycles. The molecule has 0 aliphatic carbocycles. The third-order valence-electron chi connectivity index (χ3n) is 4.52. The highest BCUT2D eigenvalue weighted by Gasteiger charge is 2.37. The molecule has 1 amide bonds. The van der Waals surface area contributed by atoms with Gasteiger partial charge in [-0.15, -0.1) is 0 Å². The smallest absolute Gasteiger partial charge is 0.264 e. The lowest BCUT2D eigenvalue weighted by Gasteiger charge is -2.35. The van der Waals surface area contributed by atoms with E-state index in [1.165, 1.54) is 10.4 Å². The molecule has 1 aliphatic rings. The van der Waals surface area contributed by atoms with E-state index < -0.39 is 16.1 Å². The Labute approximate surface area is 170 Å². The van der Waals surface area contributed by atoms with Gasteiger partial charge < -0.3 is 10.1 Å². The maximum absolute atomic E-state index is 13.3. The summed E-state index contributed by atoms with van der Waals surface area (Å²) in [5.74, 6) is -0.0277.